The minimum Gasteiger partial charge on any atom is -0.314 e. The Bertz CT molecular complexity index is 226. The molecule has 0 aromatic carbocycles. The topological polar surface area (TPSA) is 41.1 Å². The van der Waals surface area contributed by atoms with Gasteiger partial charge in [0.05, 0.1) is 6.54 Å². The van der Waals surface area contributed by atoms with Crippen molar-refractivity contribution in [2.45, 2.75) is 6.54 Å². The van der Waals surface area contributed by atoms with Gasteiger partial charge in [-0.1, -0.05) is 0 Å². The second-order valence-corrected chi connectivity index (χ2v) is 3.78. The van der Waals surface area contributed by atoms with Crippen LogP contribution in [0, 0.1) is 0 Å². The third kappa shape index (κ3) is 4.06. The van der Waals surface area contributed by atoms with Crippen molar-refractivity contribution in [3.8, 4) is 0 Å². The molecular formula is C7H14Cl2N4S. The van der Waals surface area contributed by atoms with Crippen molar-refractivity contribution < 1.29 is 0 Å². The second kappa shape index (κ2) is 7.36. The summed E-state index contributed by atoms with van der Waals surface area (Å²) in [4.78, 5) is 2.40. The highest BCUT2D eigenvalue weighted by atomic mass is 35.5. The Labute approximate surface area is 99.9 Å². The molecule has 82 valence electrons. The smallest absolute Gasteiger partial charge is 0.131 e. The molecule has 1 N–H and O–H groups in total. The summed E-state index contributed by atoms with van der Waals surface area (Å²) in [6.07, 6.45) is 0. The lowest BCUT2D eigenvalue weighted by Gasteiger charge is -2.25. The van der Waals surface area contributed by atoms with Crippen LogP contribution in [0.5, 0.6) is 0 Å². The number of halogens is 2. The lowest BCUT2D eigenvalue weighted by Crippen LogP contribution is -2.42. The molecule has 1 aromatic heterocycles. The Morgan fingerprint density at radius 1 is 1.36 bits per heavy atom. The van der Waals surface area contributed by atoms with Crippen molar-refractivity contribution in [2.75, 3.05) is 26.2 Å². The molecule has 1 saturated heterocycles. The van der Waals surface area contributed by atoms with Crippen molar-refractivity contribution >= 4 is 36.2 Å². The van der Waals surface area contributed by atoms with Gasteiger partial charge in [-0.15, -0.1) is 46.3 Å². The molecule has 2 rings (SSSR count). The fraction of sp³-hybridized carbons (Fsp3) is 0.714. The SMILES string of the molecule is Cl.Cl.c1nnc(CN2CCNCC2)s1. The number of aromatic nitrogens is 2. The van der Waals surface area contributed by atoms with E-state index in [0.717, 1.165) is 37.7 Å². The Balaban J connectivity index is 0.000000845. The summed E-state index contributed by atoms with van der Waals surface area (Å²) in [5.74, 6) is 0. The van der Waals surface area contributed by atoms with Crippen LogP contribution in [0.4, 0.5) is 0 Å². The van der Waals surface area contributed by atoms with Crippen LogP contribution in [-0.4, -0.2) is 41.3 Å². The number of hydrogen-bond donors (Lipinski definition) is 1. The van der Waals surface area contributed by atoms with Crippen molar-refractivity contribution in [1.82, 2.24) is 20.4 Å². The average molecular weight is 257 g/mol. The summed E-state index contributed by atoms with van der Waals surface area (Å²) < 4.78 is 0. The zero-order chi connectivity index (χ0) is 8.23. The Morgan fingerprint density at radius 3 is 2.64 bits per heavy atom. The van der Waals surface area contributed by atoms with Gasteiger partial charge in [-0.2, -0.15) is 0 Å². The molecule has 0 unspecified atom stereocenters. The van der Waals surface area contributed by atoms with Crippen LogP contribution >= 0.6 is 36.2 Å². The van der Waals surface area contributed by atoms with Gasteiger partial charge >= 0.3 is 0 Å². The first-order chi connectivity index (χ1) is 5.95. The number of nitrogens with zero attached hydrogens (tertiary/aromatic N) is 3. The standard InChI is InChI=1S/C7H12N4S.2ClH/c1-3-11(4-2-8-1)5-7-10-9-6-12-7;;/h6,8H,1-5H2;2*1H. The minimum atomic E-state index is 0. The first kappa shape index (κ1) is 14.1. The zero-order valence-corrected chi connectivity index (χ0v) is 10.1. The van der Waals surface area contributed by atoms with Crippen LogP contribution in [-0.2, 0) is 6.54 Å². The molecule has 1 aliphatic rings. The second-order valence-electron chi connectivity index (χ2n) is 2.86. The predicted molar refractivity (Wildman–Crippen MR) is 62.6 cm³/mol. The molecule has 1 aromatic rings. The lowest BCUT2D eigenvalue weighted by molar-refractivity contribution is 0.232. The molecule has 0 radical (unpaired) electrons. The van der Waals surface area contributed by atoms with E-state index in [9.17, 15) is 0 Å². The summed E-state index contributed by atoms with van der Waals surface area (Å²) in [6.45, 7) is 5.41. The molecule has 7 heteroatoms. The van der Waals surface area contributed by atoms with Crippen molar-refractivity contribution in [2.24, 2.45) is 0 Å². The fourth-order valence-corrected chi connectivity index (χ4v) is 1.89. The lowest BCUT2D eigenvalue weighted by atomic mass is 10.4. The molecule has 0 amide bonds. The van der Waals surface area contributed by atoms with Crippen LogP contribution in [0.1, 0.15) is 5.01 Å². The maximum absolute atomic E-state index is 4.02. The van der Waals surface area contributed by atoms with Crippen molar-refractivity contribution in [3.63, 3.8) is 0 Å². The van der Waals surface area contributed by atoms with Gasteiger partial charge in [-0.05, 0) is 0 Å². The zero-order valence-electron chi connectivity index (χ0n) is 7.68. The first-order valence-corrected chi connectivity index (χ1v) is 5.01. The number of nitrogens with one attached hydrogen (secondary N) is 1. The van der Waals surface area contributed by atoms with Gasteiger partial charge in [0, 0.05) is 26.2 Å². The highest BCUT2D eigenvalue weighted by Gasteiger charge is 2.10. The van der Waals surface area contributed by atoms with Crippen LogP contribution in [0.3, 0.4) is 0 Å². The average Bonchev–Trinajstić information content (AvgIpc) is 2.59. The molecule has 0 saturated carbocycles. The van der Waals surface area contributed by atoms with Gasteiger partial charge in [0.25, 0.3) is 0 Å². The fourth-order valence-electron chi connectivity index (χ4n) is 1.33. The van der Waals surface area contributed by atoms with Crippen LogP contribution in [0.15, 0.2) is 5.51 Å². The molecule has 4 nitrogen and oxygen atoms in total. The van der Waals surface area contributed by atoms with Crippen LogP contribution in [0.25, 0.3) is 0 Å². The molecular weight excluding hydrogens is 243 g/mol. The van der Waals surface area contributed by atoms with Gasteiger partial charge in [0.2, 0.25) is 0 Å². The molecule has 0 aliphatic carbocycles. The van der Waals surface area contributed by atoms with E-state index in [2.05, 4.69) is 20.4 Å². The Morgan fingerprint density at radius 2 is 2.07 bits per heavy atom. The van der Waals surface area contributed by atoms with Crippen LogP contribution < -0.4 is 5.32 Å². The highest BCUT2D eigenvalue weighted by molar-refractivity contribution is 7.09. The molecule has 14 heavy (non-hydrogen) atoms. The normalized spacial score (nSPS) is 16.9. The largest absolute Gasteiger partial charge is 0.314 e. The van der Waals surface area contributed by atoms with Crippen molar-refractivity contribution in [1.29, 1.82) is 0 Å². The Hall–Kier alpha value is 0.0600. The van der Waals surface area contributed by atoms with Crippen LogP contribution in [0.2, 0.25) is 0 Å². The van der Waals surface area contributed by atoms with E-state index in [4.69, 9.17) is 0 Å². The predicted octanol–water partition coefficient (Wildman–Crippen LogP) is 0.787. The van der Waals surface area contributed by atoms with Gasteiger partial charge in [0.1, 0.15) is 10.5 Å². The number of piperazine rings is 1. The summed E-state index contributed by atoms with van der Waals surface area (Å²) in [6, 6.07) is 0. The summed E-state index contributed by atoms with van der Waals surface area (Å²) >= 11 is 1.63. The van der Waals surface area contributed by atoms with Crippen molar-refractivity contribution in [3.05, 3.63) is 10.5 Å². The summed E-state index contributed by atoms with van der Waals surface area (Å²) in [5.41, 5.74) is 1.79. The third-order valence-corrected chi connectivity index (χ3v) is 2.66. The quantitative estimate of drug-likeness (QED) is 0.850. The van der Waals surface area contributed by atoms with Gasteiger partial charge in [-0.25, -0.2) is 0 Å². The van der Waals surface area contributed by atoms with E-state index in [1.165, 1.54) is 0 Å². The molecule has 0 spiro atoms. The first-order valence-electron chi connectivity index (χ1n) is 4.13. The monoisotopic (exact) mass is 256 g/mol. The number of rotatable bonds is 2. The number of hydrogen-bond acceptors (Lipinski definition) is 5. The molecule has 1 aliphatic heterocycles. The summed E-state index contributed by atoms with van der Waals surface area (Å²) in [5, 5.41) is 12.3. The van der Waals surface area contributed by atoms with E-state index >= 15 is 0 Å². The van der Waals surface area contributed by atoms with Gasteiger partial charge in [-0.3, -0.25) is 4.90 Å². The van der Waals surface area contributed by atoms with E-state index < -0.39 is 0 Å². The highest BCUT2D eigenvalue weighted by Crippen LogP contribution is 2.06. The maximum atomic E-state index is 4.02. The Kier molecular flexibility index (Phi) is 7.40. The molecule has 2 heterocycles. The van der Waals surface area contributed by atoms with E-state index in [0.29, 0.717) is 0 Å². The van der Waals surface area contributed by atoms with E-state index in [-0.39, 0.29) is 24.8 Å². The minimum absolute atomic E-state index is 0. The van der Waals surface area contributed by atoms with E-state index in [1.807, 2.05) is 0 Å². The third-order valence-electron chi connectivity index (χ3n) is 1.97. The van der Waals surface area contributed by atoms with E-state index in [1.54, 1.807) is 16.8 Å². The molecule has 0 bridgehead atoms. The van der Waals surface area contributed by atoms with Gasteiger partial charge < -0.3 is 5.32 Å². The maximum Gasteiger partial charge on any atom is 0.131 e. The molecule has 0 atom stereocenters. The van der Waals surface area contributed by atoms with Gasteiger partial charge in [0.15, 0.2) is 0 Å². The molecule has 1 fully saturated rings. The summed E-state index contributed by atoms with van der Waals surface area (Å²) in [7, 11) is 0.